The zero-order valence-electron chi connectivity index (χ0n) is 26.9. The molecule has 12 unspecified atom stereocenters. The second kappa shape index (κ2) is 18.9. The van der Waals surface area contributed by atoms with Gasteiger partial charge in [0.05, 0.1) is 26.4 Å². The maximum atomic E-state index is 11.0. The smallest absolute Gasteiger partial charge is 0.187 e. The Morgan fingerprint density at radius 1 is 0.400 bits per heavy atom. The lowest BCUT2D eigenvalue weighted by Crippen LogP contribution is -2.67. The Morgan fingerprint density at radius 3 is 1.12 bits per heavy atom. The molecule has 22 nitrogen and oxygen atoms in total. The largest absolute Gasteiger partial charge is 0.394 e. The first-order valence-electron chi connectivity index (χ1n) is 16.3. The number of unbranched alkanes of at least 4 members (excludes halogenated alkanes) is 1. The molecule has 50 heavy (non-hydrogen) atoms. The number of nitrogens with two attached hydrogens (primary N) is 1. The van der Waals surface area contributed by atoms with Gasteiger partial charge in [0.25, 0.3) is 0 Å². The highest BCUT2D eigenvalue weighted by molar-refractivity contribution is 4.97. The molecule has 0 spiro atoms. The summed E-state index contributed by atoms with van der Waals surface area (Å²) in [6.45, 7) is -2.75. The van der Waals surface area contributed by atoms with E-state index in [1.54, 1.807) is 0 Å². The average Bonchev–Trinajstić information content (AvgIpc) is 3.11. The summed E-state index contributed by atoms with van der Waals surface area (Å²) in [5.41, 5.74) is 5.45. The van der Waals surface area contributed by atoms with Crippen molar-refractivity contribution in [3.63, 3.8) is 0 Å². The minimum Gasteiger partial charge on any atom is -0.394 e. The maximum Gasteiger partial charge on any atom is 0.187 e. The summed E-state index contributed by atoms with van der Waals surface area (Å²) in [6.07, 6.45) is -33.0. The van der Waals surface area contributed by atoms with Crippen molar-refractivity contribution in [2.45, 2.75) is 136 Å². The summed E-state index contributed by atoms with van der Waals surface area (Å²) < 4.78 is 44.2. The summed E-state index contributed by atoms with van der Waals surface area (Å²) in [7, 11) is 0. The first-order valence-corrected chi connectivity index (χ1v) is 16.3. The van der Waals surface area contributed by atoms with Gasteiger partial charge in [-0.25, -0.2) is 0 Å². The third-order valence-electron chi connectivity index (χ3n) is 9.06. The van der Waals surface area contributed by atoms with E-state index in [0.29, 0.717) is 19.4 Å². The van der Waals surface area contributed by atoms with E-state index in [-0.39, 0.29) is 6.61 Å². The van der Waals surface area contributed by atoms with Gasteiger partial charge < -0.3 is 110 Å². The number of rotatable bonds is 15. The summed E-state index contributed by atoms with van der Waals surface area (Å²) in [5, 5.41) is 135. The van der Waals surface area contributed by atoms with Gasteiger partial charge in [-0.05, 0) is 19.4 Å². The van der Waals surface area contributed by atoms with Crippen LogP contribution in [0.2, 0.25) is 0 Å². The third-order valence-corrected chi connectivity index (χ3v) is 9.06. The third kappa shape index (κ3) is 9.07. The molecule has 0 aromatic carbocycles. The molecule has 20 atom stereocenters. The summed E-state index contributed by atoms with van der Waals surface area (Å²) >= 11 is 0. The lowest BCUT2D eigenvalue weighted by Gasteiger charge is -2.49. The Hall–Kier alpha value is -0.880. The monoisotopic (exact) mass is 737 g/mol. The second-order valence-electron chi connectivity index (χ2n) is 12.5. The Kier molecular flexibility index (Phi) is 15.9. The first kappa shape index (κ1) is 41.9. The van der Waals surface area contributed by atoms with E-state index in [0.717, 1.165) is 0 Å². The summed E-state index contributed by atoms with van der Waals surface area (Å²) in [4.78, 5) is 0. The minimum atomic E-state index is -2.02. The van der Waals surface area contributed by atoms with Gasteiger partial charge in [-0.15, -0.1) is 0 Å². The topological polar surface area (TPSA) is 363 Å². The molecule has 4 rings (SSSR count). The second-order valence-corrected chi connectivity index (χ2v) is 12.5. The fourth-order valence-corrected chi connectivity index (χ4v) is 6.11. The number of hydrogen-bond donors (Lipinski definition) is 14. The number of ether oxygens (including phenoxy) is 8. The molecule has 0 radical (unpaired) electrons. The van der Waals surface area contributed by atoms with Crippen LogP contribution in [0.3, 0.4) is 0 Å². The van der Waals surface area contributed by atoms with Crippen LogP contribution in [0, 0.1) is 0 Å². The highest BCUT2D eigenvalue weighted by atomic mass is 16.8. The quantitative estimate of drug-likeness (QED) is 0.0694. The predicted octanol–water partition coefficient (Wildman–Crippen LogP) is -8.99. The molecule has 4 aliphatic heterocycles. The van der Waals surface area contributed by atoms with E-state index in [1.165, 1.54) is 0 Å². The van der Waals surface area contributed by atoms with Crippen LogP contribution in [0.5, 0.6) is 0 Å². The minimum absolute atomic E-state index is 0.132. The van der Waals surface area contributed by atoms with E-state index in [4.69, 9.17) is 43.6 Å². The van der Waals surface area contributed by atoms with Crippen molar-refractivity contribution in [2.75, 3.05) is 39.6 Å². The fraction of sp³-hybridized carbons (Fsp3) is 1.00. The lowest BCUT2D eigenvalue weighted by atomic mass is 9.95. The molecule has 0 aromatic rings. The van der Waals surface area contributed by atoms with E-state index in [2.05, 4.69) is 0 Å². The van der Waals surface area contributed by atoms with Gasteiger partial charge >= 0.3 is 0 Å². The van der Waals surface area contributed by atoms with Crippen LogP contribution in [-0.2, 0) is 37.9 Å². The van der Waals surface area contributed by atoms with Gasteiger partial charge in [0.15, 0.2) is 25.2 Å². The molecule has 0 amide bonds. The first-order chi connectivity index (χ1) is 23.8. The Labute approximate surface area is 285 Å². The van der Waals surface area contributed by atoms with Gasteiger partial charge in [0.2, 0.25) is 0 Å². The molecule has 4 fully saturated rings. The highest BCUT2D eigenvalue weighted by Crippen LogP contribution is 2.34. The zero-order valence-corrected chi connectivity index (χ0v) is 26.9. The molecule has 0 bridgehead atoms. The molecule has 4 saturated heterocycles. The van der Waals surface area contributed by atoms with Gasteiger partial charge in [-0.1, -0.05) is 0 Å². The van der Waals surface area contributed by atoms with Crippen LogP contribution in [0.1, 0.15) is 12.8 Å². The standard InChI is InChI=1S/C28H51NO21/c29-3-1-2-4-43-25-19(40)15(36)22(10(6-31)45-25)49-27-21(42)17(38)24(12(8-33)47-27)50-28-20(41)16(37)23(11(7-32)46-28)48-26-18(39)14(35)13(34)9(5-30)44-26/h9-28,30-42H,1-8,29H2/t9?,10?,11?,12?,13-,14?,15?,16?,17?,18?,19?,20?,21?,22-,23-,24+,25-,26+,27-,28-/m1/s1. The zero-order chi connectivity index (χ0) is 36.9. The van der Waals surface area contributed by atoms with Crippen LogP contribution >= 0.6 is 0 Å². The normalized spacial score (nSPS) is 48.8. The Bertz CT molecular complexity index is 997. The molecule has 0 saturated carbocycles. The van der Waals surface area contributed by atoms with Crippen molar-refractivity contribution in [3.05, 3.63) is 0 Å². The van der Waals surface area contributed by atoms with E-state index >= 15 is 0 Å². The lowest BCUT2D eigenvalue weighted by molar-refractivity contribution is -0.388. The molecule has 294 valence electrons. The van der Waals surface area contributed by atoms with Crippen LogP contribution in [0.4, 0.5) is 0 Å². The number of aliphatic hydroxyl groups excluding tert-OH is 13. The molecule has 0 aliphatic carbocycles. The molecule has 22 heteroatoms. The van der Waals surface area contributed by atoms with Crippen LogP contribution in [0.25, 0.3) is 0 Å². The van der Waals surface area contributed by atoms with Gasteiger partial charge in [0, 0.05) is 6.61 Å². The van der Waals surface area contributed by atoms with Gasteiger partial charge in [-0.2, -0.15) is 0 Å². The molecular formula is C28H51NO21. The van der Waals surface area contributed by atoms with Crippen molar-refractivity contribution < 1.29 is 104 Å². The van der Waals surface area contributed by atoms with E-state index < -0.39 is 149 Å². The van der Waals surface area contributed by atoms with Crippen molar-refractivity contribution in [3.8, 4) is 0 Å². The van der Waals surface area contributed by atoms with Crippen LogP contribution in [0.15, 0.2) is 0 Å². The van der Waals surface area contributed by atoms with Crippen molar-refractivity contribution in [2.24, 2.45) is 5.73 Å². The Morgan fingerprint density at radius 2 is 0.740 bits per heavy atom. The SMILES string of the molecule is NCCCCO[C@@H]1OC(CO)[C@@H](O[C@H]2OC(CO)[C@H](O[C@H]3OC(CO)[C@@H](O[C@@H]4OC(CO)[C@@H](O)C(O)C4O)C(O)C3O)C(O)C2O)C(O)C1O. The molecule has 0 aromatic heterocycles. The maximum absolute atomic E-state index is 11.0. The molecule has 15 N–H and O–H groups in total. The molecule has 4 aliphatic rings. The van der Waals surface area contributed by atoms with E-state index in [1.807, 2.05) is 0 Å². The molecular weight excluding hydrogens is 686 g/mol. The highest BCUT2D eigenvalue weighted by Gasteiger charge is 2.55. The fourth-order valence-electron chi connectivity index (χ4n) is 6.11. The van der Waals surface area contributed by atoms with Gasteiger partial charge in [0.1, 0.15) is 97.7 Å². The van der Waals surface area contributed by atoms with E-state index in [9.17, 15) is 66.4 Å². The summed E-state index contributed by atoms with van der Waals surface area (Å²) in [6, 6.07) is 0. The van der Waals surface area contributed by atoms with Crippen molar-refractivity contribution >= 4 is 0 Å². The number of hydrogen-bond acceptors (Lipinski definition) is 22. The molecule has 4 heterocycles. The van der Waals surface area contributed by atoms with Crippen molar-refractivity contribution in [1.29, 1.82) is 0 Å². The van der Waals surface area contributed by atoms with Crippen LogP contribution < -0.4 is 5.73 Å². The average molecular weight is 738 g/mol. The van der Waals surface area contributed by atoms with Gasteiger partial charge in [-0.3, -0.25) is 0 Å². The number of aliphatic hydroxyl groups is 13. The summed E-state index contributed by atoms with van der Waals surface area (Å²) in [5.74, 6) is 0. The van der Waals surface area contributed by atoms with Crippen LogP contribution in [-0.4, -0.2) is 229 Å². The Balaban J connectivity index is 1.40. The van der Waals surface area contributed by atoms with Crippen molar-refractivity contribution in [1.82, 2.24) is 0 Å². The predicted molar refractivity (Wildman–Crippen MR) is 156 cm³/mol.